The highest BCUT2D eigenvalue weighted by molar-refractivity contribution is 9.11. The molecule has 18 heavy (non-hydrogen) atoms. The lowest BCUT2D eigenvalue weighted by atomic mass is 10.0. The van der Waals surface area contributed by atoms with Crippen LogP contribution in [0.1, 0.15) is 34.5 Å². The number of nitrogens with one attached hydrogen (secondary N) is 1. The molecule has 0 saturated heterocycles. The number of hydrogen-bond donors (Lipinski definition) is 1. The summed E-state index contributed by atoms with van der Waals surface area (Å²) < 4.78 is 1.19. The lowest BCUT2D eigenvalue weighted by molar-refractivity contribution is 0.578. The SMILES string of the molecule is Cc1ccc(C(C)NCc2ccc(Br)s2)cc1C. The van der Waals surface area contributed by atoms with E-state index in [4.69, 9.17) is 0 Å². The van der Waals surface area contributed by atoms with E-state index in [0.29, 0.717) is 6.04 Å². The molecular formula is C15H18BrNS. The molecule has 0 radical (unpaired) electrons. The van der Waals surface area contributed by atoms with Crippen molar-refractivity contribution in [2.45, 2.75) is 33.4 Å². The van der Waals surface area contributed by atoms with Crippen molar-refractivity contribution < 1.29 is 0 Å². The first-order chi connectivity index (χ1) is 8.56. The Morgan fingerprint density at radius 3 is 2.56 bits per heavy atom. The predicted molar refractivity (Wildman–Crippen MR) is 83.2 cm³/mol. The van der Waals surface area contributed by atoms with Gasteiger partial charge in [0.2, 0.25) is 0 Å². The Kier molecular flexibility index (Phi) is 4.60. The van der Waals surface area contributed by atoms with Gasteiger partial charge in [0.25, 0.3) is 0 Å². The third-order valence-corrected chi connectivity index (χ3v) is 4.87. The van der Waals surface area contributed by atoms with Crippen molar-refractivity contribution in [3.8, 4) is 0 Å². The molecule has 1 heterocycles. The fraction of sp³-hybridized carbons (Fsp3) is 0.333. The Morgan fingerprint density at radius 2 is 1.94 bits per heavy atom. The van der Waals surface area contributed by atoms with Crippen LogP contribution in [0.2, 0.25) is 0 Å². The first-order valence-corrected chi connectivity index (χ1v) is 7.72. The fourth-order valence-corrected chi connectivity index (χ4v) is 3.29. The van der Waals surface area contributed by atoms with Gasteiger partial charge in [0.15, 0.2) is 0 Å². The van der Waals surface area contributed by atoms with Crippen LogP contribution in [0.15, 0.2) is 34.1 Å². The van der Waals surface area contributed by atoms with Crippen molar-refractivity contribution in [1.29, 1.82) is 0 Å². The number of halogens is 1. The van der Waals surface area contributed by atoms with Gasteiger partial charge in [0.05, 0.1) is 3.79 Å². The molecule has 2 aromatic rings. The van der Waals surface area contributed by atoms with Gasteiger partial charge >= 0.3 is 0 Å². The van der Waals surface area contributed by atoms with Gasteiger partial charge in [-0.2, -0.15) is 0 Å². The molecule has 1 nitrogen and oxygen atoms in total. The summed E-state index contributed by atoms with van der Waals surface area (Å²) in [7, 11) is 0. The van der Waals surface area contributed by atoms with Crippen LogP contribution < -0.4 is 5.32 Å². The molecule has 1 atom stereocenters. The molecule has 0 amide bonds. The zero-order valence-corrected chi connectivity index (χ0v) is 13.4. The van der Waals surface area contributed by atoms with Crippen LogP contribution in [0.25, 0.3) is 0 Å². The summed E-state index contributed by atoms with van der Waals surface area (Å²) in [5.74, 6) is 0. The quantitative estimate of drug-likeness (QED) is 0.836. The molecule has 1 aromatic carbocycles. The second kappa shape index (κ2) is 6.00. The van der Waals surface area contributed by atoms with E-state index < -0.39 is 0 Å². The van der Waals surface area contributed by atoms with E-state index in [-0.39, 0.29) is 0 Å². The molecule has 0 bridgehead atoms. The standard InChI is InChI=1S/C15H18BrNS/c1-10-4-5-13(8-11(10)2)12(3)17-9-14-6-7-15(16)18-14/h4-8,12,17H,9H2,1-3H3. The smallest absolute Gasteiger partial charge is 0.0701 e. The normalized spacial score (nSPS) is 12.7. The van der Waals surface area contributed by atoms with Gasteiger partial charge in [-0.3, -0.25) is 0 Å². The lowest BCUT2D eigenvalue weighted by Gasteiger charge is -2.15. The topological polar surface area (TPSA) is 12.0 Å². The molecule has 1 unspecified atom stereocenters. The van der Waals surface area contributed by atoms with Crippen LogP contribution in [0.5, 0.6) is 0 Å². The molecule has 1 N–H and O–H groups in total. The van der Waals surface area contributed by atoms with Crippen molar-refractivity contribution in [1.82, 2.24) is 5.32 Å². The van der Waals surface area contributed by atoms with Crippen molar-refractivity contribution in [2.75, 3.05) is 0 Å². The van der Waals surface area contributed by atoms with E-state index in [1.54, 1.807) is 11.3 Å². The molecule has 0 fully saturated rings. The summed E-state index contributed by atoms with van der Waals surface area (Å²) in [5.41, 5.74) is 4.07. The van der Waals surface area contributed by atoms with Crippen molar-refractivity contribution in [2.24, 2.45) is 0 Å². The highest BCUT2D eigenvalue weighted by atomic mass is 79.9. The molecule has 0 saturated carbocycles. The third-order valence-electron chi connectivity index (χ3n) is 3.24. The zero-order chi connectivity index (χ0) is 13.1. The van der Waals surface area contributed by atoms with Gasteiger partial charge in [-0.25, -0.2) is 0 Å². The van der Waals surface area contributed by atoms with Gasteiger partial charge < -0.3 is 5.32 Å². The van der Waals surface area contributed by atoms with Crippen molar-refractivity contribution >= 4 is 27.3 Å². The summed E-state index contributed by atoms with van der Waals surface area (Å²) >= 11 is 5.28. The minimum Gasteiger partial charge on any atom is -0.305 e. The highest BCUT2D eigenvalue weighted by Crippen LogP contribution is 2.23. The van der Waals surface area contributed by atoms with E-state index in [2.05, 4.69) is 72.3 Å². The number of thiophene rings is 1. The van der Waals surface area contributed by atoms with Gasteiger partial charge in [0.1, 0.15) is 0 Å². The maximum Gasteiger partial charge on any atom is 0.0701 e. The maximum absolute atomic E-state index is 3.56. The molecule has 96 valence electrons. The molecule has 0 aliphatic carbocycles. The predicted octanol–water partition coefficient (Wildman–Crippen LogP) is 4.98. The molecule has 0 spiro atoms. The average molecular weight is 324 g/mol. The number of aryl methyl sites for hydroxylation is 2. The Bertz CT molecular complexity index is 533. The second-order valence-electron chi connectivity index (χ2n) is 4.65. The van der Waals surface area contributed by atoms with Crippen LogP contribution in [0.3, 0.4) is 0 Å². The van der Waals surface area contributed by atoms with Gasteiger partial charge in [-0.05, 0) is 65.5 Å². The van der Waals surface area contributed by atoms with Gasteiger partial charge in [0, 0.05) is 17.5 Å². The van der Waals surface area contributed by atoms with Crippen LogP contribution in [0, 0.1) is 13.8 Å². The summed E-state index contributed by atoms with van der Waals surface area (Å²) in [6, 6.07) is 11.3. The number of hydrogen-bond acceptors (Lipinski definition) is 2. The van der Waals surface area contributed by atoms with Crippen LogP contribution in [-0.2, 0) is 6.54 Å². The van der Waals surface area contributed by atoms with E-state index in [0.717, 1.165) is 6.54 Å². The summed E-state index contributed by atoms with van der Waals surface area (Å²) in [6.07, 6.45) is 0. The second-order valence-corrected chi connectivity index (χ2v) is 7.20. The lowest BCUT2D eigenvalue weighted by Crippen LogP contribution is -2.17. The minimum absolute atomic E-state index is 0.380. The van der Waals surface area contributed by atoms with Crippen LogP contribution in [0.4, 0.5) is 0 Å². The Morgan fingerprint density at radius 1 is 1.17 bits per heavy atom. The number of benzene rings is 1. The summed E-state index contributed by atoms with van der Waals surface area (Å²) in [6.45, 7) is 7.46. The average Bonchev–Trinajstić information content (AvgIpc) is 2.75. The van der Waals surface area contributed by atoms with Crippen molar-refractivity contribution in [3.63, 3.8) is 0 Å². The first kappa shape index (κ1) is 13.8. The Labute approximate surface area is 121 Å². The van der Waals surface area contributed by atoms with Crippen LogP contribution in [-0.4, -0.2) is 0 Å². The van der Waals surface area contributed by atoms with E-state index in [1.165, 1.54) is 25.4 Å². The fourth-order valence-electron chi connectivity index (χ4n) is 1.85. The molecular weight excluding hydrogens is 306 g/mol. The van der Waals surface area contributed by atoms with Crippen LogP contribution >= 0.6 is 27.3 Å². The maximum atomic E-state index is 3.56. The molecule has 1 aromatic heterocycles. The summed E-state index contributed by atoms with van der Waals surface area (Å²) in [4.78, 5) is 1.36. The first-order valence-electron chi connectivity index (χ1n) is 6.11. The molecule has 3 heteroatoms. The molecule has 0 aliphatic rings. The van der Waals surface area contributed by atoms with Crippen molar-refractivity contribution in [3.05, 3.63) is 55.7 Å². The Balaban J connectivity index is 1.99. The van der Waals surface area contributed by atoms with E-state index >= 15 is 0 Å². The van der Waals surface area contributed by atoms with Gasteiger partial charge in [-0.1, -0.05) is 18.2 Å². The monoisotopic (exact) mass is 323 g/mol. The summed E-state index contributed by atoms with van der Waals surface area (Å²) in [5, 5.41) is 3.56. The molecule has 2 rings (SSSR count). The van der Waals surface area contributed by atoms with E-state index in [1.807, 2.05) is 0 Å². The zero-order valence-electron chi connectivity index (χ0n) is 11.0. The molecule has 0 aliphatic heterocycles. The third kappa shape index (κ3) is 3.44. The highest BCUT2D eigenvalue weighted by Gasteiger charge is 2.06. The minimum atomic E-state index is 0.380. The largest absolute Gasteiger partial charge is 0.305 e. The number of rotatable bonds is 4. The van der Waals surface area contributed by atoms with Gasteiger partial charge in [-0.15, -0.1) is 11.3 Å². The Hall–Kier alpha value is -0.640. The van der Waals surface area contributed by atoms with E-state index in [9.17, 15) is 0 Å².